The number of carboxylic acid groups (broad SMARTS) is 1. The topological polar surface area (TPSA) is 81.6 Å². The number of amidine groups is 1. The molecular weight excluding hydrogens is 324 g/mol. The molecule has 24 heavy (non-hydrogen) atoms. The van der Waals surface area contributed by atoms with Crippen LogP contribution in [0.3, 0.4) is 0 Å². The lowest BCUT2D eigenvalue weighted by atomic mass is 10.1. The summed E-state index contributed by atoms with van der Waals surface area (Å²) in [7, 11) is 0. The lowest BCUT2D eigenvalue weighted by Crippen LogP contribution is -2.23. The summed E-state index contributed by atoms with van der Waals surface area (Å²) in [6.07, 6.45) is 1.77. The number of thioether (sulfide) groups is 1. The maximum absolute atomic E-state index is 12.1. The summed E-state index contributed by atoms with van der Waals surface area (Å²) in [6, 6.07) is 14.0. The van der Waals surface area contributed by atoms with Crippen LogP contribution < -0.4 is 10.4 Å². The Hall–Kier alpha value is -2.86. The second-order valence-electron chi connectivity index (χ2n) is 5.20. The van der Waals surface area contributed by atoms with Gasteiger partial charge in [-0.2, -0.15) is 0 Å². The highest BCUT2D eigenvalue weighted by Gasteiger charge is 2.24. The van der Waals surface area contributed by atoms with E-state index in [9.17, 15) is 14.7 Å². The SMILES string of the molecule is Cc1ccc(/C=C2\SC(=Nc3ccccc3C(=O)[O-])NC2=O)cc1. The quantitative estimate of drug-likeness (QED) is 0.871. The number of aliphatic imine (C=N–C) groups is 1. The Bertz CT molecular complexity index is 870. The van der Waals surface area contributed by atoms with Crippen LogP contribution in [-0.2, 0) is 4.79 Å². The summed E-state index contributed by atoms with van der Waals surface area (Å²) < 4.78 is 0. The first-order valence-corrected chi connectivity index (χ1v) is 8.01. The van der Waals surface area contributed by atoms with Crippen LogP contribution in [0.15, 0.2) is 58.4 Å². The highest BCUT2D eigenvalue weighted by molar-refractivity contribution is 8.18. The summed E-state index contributed by atoms with van der Waals surface area (Å²) in [6.45, 7) is 1.99. The van der Waals surface area contributed by atoms with Crippen molar-refractivity contribution in [2.24, 2.45) is 4.99 Å². The van der Waals surface area contributed by atoms with Crippen molar-refractivity contribution in [1.82, 2.24) is 5.32 Å². The van der Waals surface area contributed by atoms with E-state index in [1.165, 1.54) is 17.8 Å². The van der Waals surface area contributed by atoms with Gasteiger partial charge in [-0.15, -0.1) is 0 Å². The monoisotopic (exact) mass is 337 g/mol. The predicted octanol–water partition coefficient (Wildman–Crippen LogP) is 2.25. The molecule has 1 saturated heterocycles. The van der Waals surface area contributed by atoms with E-state index in [1.54, 1.807) is 24.3 Å². The Balaban J connectivity index is 1.87. The molecule has 6 heteroatoms. The zero-order valence-electron chi connectivity index (χ0n) is 12.8. The molecule has 3 rings (SSSR count). The van der Waals surface area contributed by atoms with E-state index in [2.05, 4.69) is 10.3 Å². The third-order valence-corrected chi connectivity index (χ3v) is 4.28. The maximum Gasteiger partial charge on any atom is 0.264 e. The van der Waals surface area contributed by atoms with E-state index in [1.807, 2.05) is 31.2 Å². The third kappa shape index (κ3) is 3.55. The molecule has 0 atom stereocenters. The molecule has 0 unspecified atom stereocenters. The number of hydrogen-bond acceptors (Lipinski definition) is 5. The molecule has 0 spiro atoms. The van der Waals surface area contributed by atoms with Crippen molar-refractivity contribution in [3.63, 3.8) is 0 Å². The second kappa shape index (κ2) is 6.72. The van der Waals surface area contributed by atoms with Gasteiger partial charge in [-0.05, 0) is 36.4 Å². The van der Waals surface area contributed by atoms with Crippen LogP contribution in [0.4, 0.5) is 5.69 Å². The lowest BCUT2D eigenvalue weighted by Gasteiger charge is -2.06. The van der Waals surface area contributed by atoms with Crippen molar-refractivity contribution in [2.75, 3.05) is 0 Å². The van der Waals surface area contributed by atoms with Crippen molar-refractivity contribution in [2.45, 2.75) is 6.92 Å². The van der Waals surface area contributed by atoms with E-state index < -0.39 is 5.97 Å². The molecule has 1 aliphatic rings. The van der Waals surface area contributed by atoms with Gasteiger partial charge in [0.05, 0.1) is 16.6 Å². The van der Waals surface area contributed by atoms with Crippen molar-refractivity contribution in [3.05, 3.63) is 70.1 Å². The average Bonchev–Trinajstić information content (AvgIpc) is 2.89. The molecule has 0 saturated carbocycles. The summed E-state index contributed by atoms with van der Waals surface area (Å²) >= 11 is 1.17. The summed E-state index contributed by atoms with van der Waals surface area (Å²) in [5.41, 5.74) is 2.28. The largest absolute Gasteiger partial charge is 0.545 e. The summed E-state index contributed by atoms with van der Waals surface area (Å²) in [4.78, 5) is 27.9. The number of carbonyl (C=O) groups excluding carboxylic acids is 2. The Morgan fingerprint density at radius 1 is 1.17 bits per heavy atom. The van der Waals surface area contributed by atoms with E-state index in [-0.39, 0.29) is 17.2 Å². The Kier molecular flexibility index (Phi) is 4.48. The molecule has 0 radical (unpaired) electrons. The Morgan fingerprint density at radius 2 is 1.88 bits per heavy atom. The molecule has 0 bridgehead atoms. The van der Waals surface area contributed by atoms with Gasteiger partial charge < -0.3 is 15.2 Å². The van der Waals surface area contributed by atoms with Gasteiger partial charge in [0.1, 0.15) is 0 Å². The fourth-order valence-electron chi connectivity index (χ4n) is 2.15. The number of aryl methyl sites for hydroxylation is 1. The number of carbonyl (C=O) groups is 2. The minimum Gasteiger partial charge on any atom is -0.545 e. The molecule has 2 aromatic carbocycles. The molecule has 1 heterocycles. The minimum atomic E-state index is -1.31. The number of amides is 1. The van der Waals surface area contributed by atoms with Crippen LogP contribution >= 0.6 is 11.8 Å². The summed E-state index contributed by atoms with van der Waals surface area (Å²) in [5, 5.41) is 14.1. The molecule has 1 aliphatic heterocycles. The van der Waals surface area contributed by atoms with Crippen LogP contribution in [-0.4, -0.2) is 17.0 Å². The van der Waals surface area contributed by atoms with Crippen LogP contribution in [0.25, 0.3) is 6.08 Å². The standard InChI is InChI=1S/C18H14N2O3S/c1-11-6-8-12(9-7-11)10-15-16(21)20-18(24-15)19-14-5-3-2-4-13(14)17(22)23/h2-10H,1H3,(H,22,23)(H,19,20,21)/p-1/b15-10-. The number of nitrogens with one attached hydrogen (secondary N) is 1. The molecule has 1 fully saturated rings. The average molecular weight is 337 g/mol. The molecule has 5 nitrogen and oxygen atoms in total. The Labute approximate surface area is 143 Å². The molecule has 0 aromatic heterocycles. The van der Waals surface area contributed by atoms with Crippen LogP contribution in [0.5, 0.6) is 0 Å². The van der Waals surface area contributed by atoms with E-state index in [4.69, 9.17) is 0 Å². The first kappa shape index (κ1) is 16.0. The molecule has 0 aliphatic carbocycles. The molecule has 120 valence electrons. The fraction of sp³-hybridized carbons (Fsp3) is 0.0556. The number of rotatable bonds is 3. The van der Waals surface area contributed by atoms with Gasteiger partial charge in [-0.1, -0.05) is 48.0 Å². The second-order valence-corrected chi connectivity index (χ2v) is 6.23. The van der Waals surface area contributed by atoms with Gasteiger partial charge in [-0.25, -0.2) is 4.99 Å². The lowest BCUT2D eigenvalue weighted by molar-refractivity contribution is -0.254. The van der Waals surface area contributed by atoms with E-state index in [0.717, 1.165) is 11.1 Å². The highest BCUT2D eigenvalue weighted by Crippen LogP contribution is 2.29. The van der Waals surface area contributed by atoms with Gasteiger partial charge in [0.15, 0.2) is 5.17 Å². The van der Waals surface area contributed by atoms with Crippen molar-refractivity contribution in [1.29, 1.82) is 0 Å². The first-order chi connectivity index (χ1) is 11.5. The smallest absolute Gasteiger partial charge is 0.264 e. The third-order valence-electron chi connectivity index (χ3n) is 3.37. The van der Waals surface area contributed by atoms with Crippen molar-refractivity contribution < 1.29 is 14.7 Å². The van der Waals surface area contributed by atoms with Crippen LogP contribution in [0, 0.1) is 6.92 Å². The number of para-hydroxylation sites is 1. The number of benzene rings is 2. The van der Waals surface area contributed by atoms with Gasteiger partial charge in [0, 0.05) is 5.56 Å². The molecule has 1 N–H and O–H groups in total. The van der Waals surface area contributed by atoms with E-state index >= 15 is 0 Å². The fourth-order valence-corrected chi connectivity index (χ4v) is 2.98. The summed E-state index contributed by atoms with van der Waals surface area (Å²) in [5.74, 6) is -1.56. The first-order valence-electron chi connectivity index (χ1n) is 7.19. The number of nitrogens with zero attached hydrogens (tertiary/aromatic N) is 1. The van der Waals surface area contributed by atoms with Gasteiger partial charge in [-0.3, -0.25) is 4.79 Å². The number of hydrogen-bond donors (Lipinski definition) is 1. The zero-order valence-corrected chi connectivity index (χ0v) is 13.6. The molecule has 2 aromatic rings. The van der Waals surface area contributed by atoms with Crippen molar-refractivity contribution in [3.8, 4) is 0 Å². The number of carboxylic acids is 1. The van der Waals surface area contributed by atoms with Gasteiger partial charge in [0.2, 0.25) is 0 Å². The van der Waals surface area contributed by atoms with Gasteiger partial charge >= 0.3 is 0 Å². The molecular formula is C18H13N2O3S-. The number of aromatic carboxylic acids is 1. The van der Waals surface area contributed by atoms with E-state index in [0.29, 0.717) is 10.1 Å². The maximum atomic E-state index is 12.1. The zero-order chi connectivity index (χ0) is 17.1. The predicted molar refractivity (Wildman–Crippen MR) is 92.8 cm³/mol. The van der Waals surface area contributed by atoms with Crippen molar-refractivity contribution >= 4 is 40.6 Å². The normalized spacial score (nSPS) is 17.3. The Morgan fingerprint density at radius 3 is 2.58 bits per heavy atom. The van der Waals surface area contributed by atoms with Gasteiger partial charge in [0.25, 0.3) is 5.91 Å². The minimum absolute atomic E-state index is 0.0178. The molecule has 1 amide bonds. The van der Waals surface area contributed by atoms with Crippen LogP contribution in [0.2, 0.25) is 0 Å². The highest BCUT2D eigenvalue weighted by atomic mass is 32.2. The van der Waals surface area contributed by atoms with Crippen LogP contribution in [0.1, 0.15) is 21.5 Å².